The highest BCUT2D eigenvalue weighted by Crippen LogP contribution is 2.57. The second-order valence-electron chi connectivity index (χ2n) is 4.33. The number of carboxylic acids is 1. The molecule has 2 atom stereocenters. The summed E-state index contributed by atoms with van der Waals surface area (Å²) in [5.74, 6) is -5.29. The molecular formula is C12H11ClF2O2. The molecule has 0 saturated heterocycles. The molecule has 0 aliphatic heterocycles. The minimum atomic E-state index is -2.72. The minimum absolute atomic E-state index is 0.229. The molecule has 2 nitrogen and oxygen atoms in total. The van der Waals surface area contributed by atoms with Crippen molar-refractivity contribution >= 4 is 17.6 Å². The summed E-state index contributed by atoms with van der Waals surface area (Å²) >= 11 is 5.71. The Kier molecular flexibility index (Phi) is 3.08. The van der Waals surface area contributed by atoms with E-state index < -0.39 is 23.7 Å². The number of carbonyl (C=O) groups is 1. The van der Waals surface area contributed by atoms with Crippen molar-refractivity contribution in [2.45, 2.75) is 24.7 Å². The summed E-state index contributed by atoms with van der Waals surface area (Å²) in [6.45, 7) is 0. The number of aliphatic carboxylic acids is 1. The lowest BCUT2D eigenvalue weighted by atomic mass is 9.91. The van der Waals surface area contributed by atoms with Crippen LogP contribution in [0.25, 0.3) is 0 Å². The third kappa shape index (κ3) is 2.75. The molecule has 1 aliphatic carbocycles. The van der Waals surface area contributed by atoms with Gasteiger partial charge in [0, 0.05) is 23.3 Å². The summed E-state index contributed by atoms with van der Waals surface area (Å²) in [4.78, 5) is 10.7. The minimum Gasteiger partial charge on any atom is -0.481 e. The number of halogens is 3. The van der Waals surface area contributed by atoms with Crippen molar-refractivity contribution < 1.29 is 18.7 Å². The fraction of sp³-hybridized carbons (Fsp3) is 0.417. The first-order valence-electron chi connectivity index (χ1n) is 5.25. The number of benzene rings is 1. The first kappa shape index (κ1) is 12.3. The first-order chi connectivity index (χ1) is 7.90. The van der Waals surface area contributed by atoms with Crippen LogP contribution in [-0.2, 0) is 4.79 Å². The average molecular weight is 261 g/mol. The molecule has 2 unspecified atom stereocenters. The van der Waals surface area contributed by atoms with Gasteiger partial charge in [-0.25, -0.2) is 8.78 Å². The van der Waals surface area contributed by atoms with Crippen molar-refractivity contribution in [2.24, 2.45) is 5.92 Å². The first-order valence-corrected chi connectivity index (χ1v) is 5.63. The summed E-state index contributed by atoms with van der Waals surface area (Å²) in [6.07, 6.45) is -0.505. The predicted molar refractivity (Wildman–Crippen MR) is 59.5 cm³/mol. The SMILES string of the molecule is O=C(O)CC(c1ccc(Cl)cc1)C1CC1(F)F. The third-order valence-corrected chi connectivity index (χ3v) is 3.30. The van der Waals surface area contributed by atoms with Crippen LogP contribution in [0, 0.1) is 5.92 Å². The summed E-state index contributed by atoms with van der Waals surface area (Å²) in [5.41, 5.74) is 0.610. The molecule has 0 bridgehead atoms. The molecule has 5 heteroatoms. The smallest absolute Gasteiger partial charge is 0.303 e. The number of carboxylic acid groups (broad SMARTS) is 1. The van der Waals surface area contributed by atoms with Crippen LogP contribution >= 0.6 is 11.6 Å². The lowest BCUT2D eigenvalue weighted by Gasteiger charge is -2.14. The van der Waals surface area contributed by atoms with Gasteiger partial charge in [-0.1, -0.05) is 23.7 Å². The molecule has 1 N–H and O–H groups in total. The quantitative estimate of drug-likeness (QED) is 0.899. The Labute approximate surface area is 102 Å². The van der Waals surface area contributed by atoms with E-state index in [1.54, 1.807) is 24.3 Å². The molecule has 2 rings (SSSR count). The Morgan fingerprint density at radius 3 is 2.41 bits per heavy atom. The molecule has 0 amide bonds. The molecule has 1 saturated carbocycles. The van der Waals surface area contributed by atoms with Crippen LogP contribution in [0.1, 0.15) is 24.3 Å². The molecular weight excluding hydrogens is 250 g/mol. The number of rotatable bonds is 4. The van der Waals surface area contributed by atoms with Gasteiger partial charge in [0.1, 0.15) is 0 Å². The van der Waals surface area contributed by atoms with E-state index in [2.05, 4.69) is 0 Å². The fourth-order valence-electron chi connectivity index (χ4n) is 2.06. The summed E-state index contributed by atoms with van der Waals surface area (Å²) in [7, 11) is 0. The van der Waals surface area contributed by atoms with E-state index >= 15 is 0 Å². The highest BCUT2D eigenvalue weighted by atomic mass is 35.5. The molecule has 0 spiro atoms. The van der Waals surface area contributed by atoms with Gasteiger partial charge in [-0.3, -0.25) is 4.79 Å². The van der Waals surface area contributed by atoms with E-state index in [1.165, 1.54) is 0 Å². The van der Waals surface area contributed by atoms with Gasteiger partial charge in [0.25, 0.3) is 5.92 Å². The zero-order valence-corrected chi connectivity index (χ0v) is 9.62. The lowest BCUT2D eigenvalue weighted by molar-refractivity contribution is -0.137. The van der Waals surface area contributed by atoms with E-state index in [4.69, 9.17) is 16.7 Å². The monoisotopic (exact) mass is 260 g/mol. The van der Waals surface area contributed by atoms with Crippen LogP contribution in [0.4, 0.5) is 8.78 Å². The van der Waals surface area contributed by atoms with E-state index in [9.17, 15) is 13.6 Å². The summed E-state index contributed by atoms with van der Waals surface area (Å²) in [6, 6.07) is 6.41. The summed E-state index contributed by atoms with van der Waals surface area (Å²) < 4.78 is 26.1. The molecule has 1 aliphatic rings. The Morgan fingerprint density at radius 1 is 1.47 bits per heavy atom. The molecule has 92 valence electrons. The topological polar surface area (TPSA) is 37.3 Å². The Morgan fingerprint density at radius 2 is 2.00 bits per heavy atom. The van der Waals surface area contributed by atoms with Gasteiger partial charge < -0.3 is 5.11 Å². The second kappa shape index (κ2) is 4.26. The van der Waals surface area contributed by atoms with Crippen molar-refractivity contribution in [1.82, 2.24) is 0 Å². The lowest BCUT2D eigenvalue weighted by Crippen LogP contribution is -2.12. The van der Waals surface area contributed by atoms with E-state index in [1.807, 2.05) is 0 Å². The fourth-order valence-corrected chi connectivity index (χ4v) is 2.19. The van der Waals surface area contributed by atoms with Gasteiger partial charge in [-0.15, -0.1) is 0 Å². The molecule has 1 aromatic rings. The molecule has 1 fully saturated rings. The normalized spacial score (nSPS) is 23.1. The Balaban J connectivity index is 2.21. The largest absolute Gasteiger partial charge is 0.481 e. The highest BCUT2D eigenvalue weighted by Gasteiger charge is 2.60. The van der Waals surface area contributed by atoms with E-state index in [0.717, 1.165) is 0 Å². The van der Waals surface area contributed by atoms with Gasteiger partial charge in [-0.2, -0.15) is 0 Å². The van der Waals surface area contributed by atoms with Crippen molar-refractivity contribution in [2.75, 3.05) is 0 Å². The standard InChI is InChI=1S/C12H11ClF2O2/c13-8-3-1-7(2-4-8)9(5-11(16)17)10-6-12(10,14)15/h1-4,9-10H,5-6H2,(H,16,17). The van der Waals surface area contributed by atoms with Crippen LogP contribution in [0.15, 0.2) is 24.3 Å². The van der Waals surface area contributed by atoms with Crippen LogP contribution in [0.3, 0.4) is 0 Å². The van der Waals surface area contributed by atoms with Gasteiger partial charge in [0.05, 0.1) is 6.42 Å². The Hall–Kier alpha value is -1.16. The molecule has 17 heavy (non-hydrogen) atoms. The zero-order valence-electron chi connectivity index (χ0n) is 8.87. The van der Waals surface area contributed by atoms with Crippen molar-refractivity contribution in [3.05, 3.63) is 34.9 Å². The van der Waals surface area contributed by atoms with Crippen LogP contribution in [-0.4, -0.2) is 17.0 Å². The van der Waals surface area contributed by atoms with Crippen LogP contribution < -0.4 is 0 Å². The number of hydrogen-bond donors (Lipinski definition) is 1. The van der Waals surface area contributed by atoms with Crippen molar-refractivity contribution in [3.63, 3.8) is 0 Å². The Bertz CT molecular complexity index is 431. The van der Waals surface area contributed by atoms with Gasteiger partial charge >= 0.3 is 5.97 Å². The molecule has 0 aromatic heterocycles. The summed E-state index contributed by atoms with van der Waals surface area (Å²) in [5, 5.41) is 9.28. The van der Waals surface area contributed by atoms with Crippen LogP contribution in [0.2, 0.25) is 5.02 Å². The number of hydrogen-bond acceptors (Lipinski definition) is 1. The maximum Gasteiger partial charge on any atom is 0.303 e. The van der Waals surface area contributed by atoms with Gasteiger partial charge in [0.15, 0.2) is 0 Å². The highest BCUT2D eigenvalue weighted by molar-refractivity contribution is 6.30. The predicted octanol–water partition coefficient (Wildman–Crippen LogP) is 3.55. The van der Waals surface area contributed by atoms with Gasteiger partial charge in [-0.05, 0) is 17.7 Å². The maximum absolute atomic E-state index is 13.0. The number of alkyl halides is 2. The molecule has 1 aromatic carbocycles. The molecule has 0 radical (unpaired) electrons. The second-order valence-corrected chi connectivity index (χ2v) is 4.76. The van der Waals surface area contributed by atoms with Crippen molar-refractivity contribution in [3.8, 4) is 0 Å². The molecule has 0 heterocycles. The zero-order chi connectivity index (χ0) is 12.6. The third-order valence-electron chi connectivity index (χ3n) is 3.05. The van der Waals surface area contributed by atoms with E-state index in [0.29, 0.717) is 10.6 Å². The van der Waals surface area contributed by atoms with Crippen molar-refractivity contribution in [1.29, 1.82) is 0 Å². The maximum atomic E-state index is 13.0. The average Bonchev–Trinajstić information content (AvgIpc) is 2.85. The van der Waals surface area contributed by atoms with Gasteiger partial charge in [0.2, 0.25) is 0 Å². The van der Waals surface area contributed by atoms with E-state index in [-0.39, 0.29) is 12.8 Å². The van der Waals surface area contributed by atoms with Crippen LogP contribution in [0.5, 0.6) is 0 Å².